The number of anilines is 1. The number of benzene rings is 1. The fraction of sp³-hybridized carbons (Fsp3) is 0.600. The Kier molecular flexibility index (Phi) is 3.17. The number of rotatable bonds is 1. The zero-order chi connectivity index (χ0) is 12.6. The van der Waals surface area contributed by atoms with E-state index >= 15 is 0 Å². The summed E-state index contributed by atoms with van der Waals surface area (Å²) in [5.41, 5.74) is 10.5. The molecule has 1 atom stereocenters. The first-order valence-electron chi connectivity index (χ1n) is 6.48. The average Bonchev–Trinajstić information content (AvgIpc) is 2.26. The van der Waals surface area contributed by atoms with Crippen molar-refractivity contribution in [2.75, 3.05) is 18.0 Å². The molecule has 0 bridgehead atoms. The molecule has 2 nitrogen and oxygen atoms in total. The topological polar surface area (TPSA) is 29.3 Å². The van der Waals surface area contributed by atoms with Gasteiger partial charge in [0.05, 0.1) is 0 Å². The summed E-state index contributed by atoms with van der Waals surface area (Å²) >= 11 is 0. The van der Waals surface area contributed by atoms with Crippen molar-refractivity contribution in [1.29, 1.82) is 0 Å². The molecule has 2 heteroatoms. The Labute approximate surface area is 105 Å². The van der Waals surface area contributed by atoms with Crippen LogP contribution in [0, 0.1) is 19.3 Å². The van der Waals surface area contributed by atoms with Crippen LogP contribution in [-0.4, -0.2) is 19.1 Å². The lowest BCUT2D eigenvalue weighted by atomic mass is 9.79. The third-order valence-electron chi connectivity index (χ3n) is 4.17. The second-order valence-corrected chi connectivity index (χ2v) is 6.07. The minimum Gasteiger partial charge on any atom is -0.371 e. The lowest BCUT2D eigenvalue weighted by Crippen LogP contribution is -2.52. The van der Waals surface area contributed by atoms with E-state index in [2.05, 4.69) is 50.8 Å². The molecule has 1 aromatic carbocycles. The molecule has 2 rings (SSSR count). The Bertz CT molecular complexity index is 409. The molecule has 0 aliphatic carbocycles. The fourth-order valence-electron chi connectivity index (χ4n) is 2.52. The van der Waals surface area contributed by atoms with E-state index in [1.165, 1.54) is 16.8 Å². The number of aryl methyl sites for hydroxylation is 2. The van der Waals surface area contributed by atoms with Crippen LogP contribution in [0.15, 0.2) is 18.2 Å². The summed E-state index contributed by atoms with van der Waals surface area (Å²) in [6.45, 7) is 11.0. The number of nitrogens with two attached hydrogens (primary N) is 1. The summed E-state index contributed by atoms with van der Waals surface area (Å²) in [7, 11) is 0. The summed E-state index contributed by atoms with van der Waals surface area (Å²) in [4.78, 5) is 2.47. The van der Waals surface area contributed by atoms with Crippen molar-refractivity contribution in [3.63, 3.8) is 0 Å². The van der Waals surface area contributed by atoms with Gasteiger partial charge in [0.1, 0.15) is 0 Å². The number of piperidine rings is 1. The van der Waals surface area contributed by atoms with Gasteiger partial charge in [-0.2, -0.15) is 0 Å². The molecule has 0 amide bonds. The lowest BCUT2D eigenvalue weighted by Gasteiger charge is -2.43. The minimum absolute atomic E-state index is 0.205. The van der Waals surface area contributed by atoms with Gasteiger partial charge in [0.2, 0.25) is 0 Å². The van der Waals surface area contributed by atoms with Gasteiger partial charge >= 0.3 is 0 Å². The van der Waals surface area contributed by atoms with Crippen LogP contribution >= 0.6 is 0 Å². The highest BCUT2D eigenvalue weighted by Gasteiger charge is 2.33. The average molecular weight is 232 g/mol. The molecule has 0 saturated carbocycles. The van der Waals surface area contributed by atoms with Gasteiger partial charge in [-0.15, -0.1) is 0 Å². The maximum atomic E-state index is 6.18. The van der Waals surface area contributed by atoms with Crippen molar-refractivity contribution >= 4 is 5.69 Å². The van der Waals surface area contributed by atoms with Crippen molar-refractivity contribution in [2.24, 2.45) is 11.1 Å². The SMILES string of the molecule is Cc1ccc(N2CCC(N)C(C)(C)C2)cc1C. The summed E-state index contributed by atoms with van der Waals surface area (Å²) < 4.78 is 0. The summed E-state index contributed by atoms with van der Waals surface area (Å²) in [5, 5.41) is 0. The van der Waals surface area contributed by atoms with Crippen LogP contribution in [-0.2, 0) is 0 Å². The molecule has 2 N–H and O–H groups in total. The predicted octanol–water partition coefficient (Wildman–Crippen LogP) is 2.87. The Balaban J connectivity index is 2.21. The van der Waals surface area contributed by atoms with Crippen molar-refractivity contribution in [2.45, 2.75) is 40.2 Å². The Morgan fingerprint density at radius 1 is 1.24 bits per heavy atom. The monoisotopic (exact) mass is 232 g/mol. The molecule has 0 aromatic heterocycles. The van der Waals surface area contributed by atoms with Crippen molar-refractivity contribution in [3.05, 3.63) is 29.3 Å². The van der Waals surface area contributed by atoms with Crippen LogP contribution in [0.5, 0.6) is 0 Å². The highest BCUT2D eigenvalue weighted by atomic mass is 15.2. The van der Waals surface area contributed by atoms with E-state index < -0.39 is 0 Å². The molecular weight excluding hydrogens is 208 g/mol. The number of nitrogens with zero attached hydrogens (tertiary/aromatic N) is 1. The first kappa shape index (κ1) is 12.4. The van der Waals surface area contributed by atoms with Gasteiger partial charge in [0.15, 0.2) is 0 Å². The van der Waals surface area contributed by atoms with Gasteiger partial charge in [-0.05, 0) is 48.9 Å². The third-order valence-corrected chi connectivity index (χ3v) is 4.17. The van der Waals surface area contributed by atoms with Crippen LogP contribution in [0.25, 0.3) is 0 Å². The van der Waals surface area contributed by atoms with Crippen LogP contribution in [0.3, 0.4) is 0 Å². The van der Waals surface area contributed by atoms with Crippen LogP contribution < -0.4 is 10.6 Å². The van der Waals surface area contributed by atoms with Gasteiger partial charge < -0.3 is 10.6 Å². The van der Waals surface area contributed by atoms with Crippen molar-refractivity contribution < 1.29 is 0 Å². The second kappa shape index (κ2) is 4.34. The van der Waals surface area contributed by atoms with E-state index in [4.69, 9.17) is 5.73 Å². The Morgan fingerprint density at radius 3 is 2.53 bits per heavy atom. The van der Waals surface area contributed by atoms with Crippen LogP contribution in [0.2, 0.25) is 0 Å². The third kappa shape index (κ3) is 2.47. The first-order valence-corrected chi connectivity index (χ1v) is 6.48. The standard InChI is InChI=1S/C15H24N2/c1-11-5-6-13(9-12(11)2)17-8-7-14(16)15(3,4)10-17/h5-6,9,14H,7-8,10,16H2,1-4H3. The van der Waals surface area contributed by atoms with Crippen LogP contribution in [0.4, 0.5) is 5.69 Å². The lowest BCUT2D eigenvalue weighted by molar-refractivity contribution is 0.245. The molecule has 1 saturated heterocycles. The van der Waals surface area contributed by atoms with E-state index in [0.717, 1.165) is 19.5 Å². The van der Waals surface area contributed by atoms with E-state index in [-0.39, 0.29) is 5.41 Å². The van der Waals surface area contributed by atoms with E-state index in [1.807, 2.05) is 0 Å². The smallest absolute Gasteiger partial charge is 0.0369 e. The van der Waals surface area contributed by atoms with Crippen molar-refractivity contribution in [3.8, 4) is 0 Å². The number of hydrogen-bond acceptors (Lipinski definition) is 2. The molecule has 0 radical (unpaired) electrons. The summed E-state index contributed by atoms with van der Waals surface area (Å²) in [6.07, 6.45) is 1.08. The molecular formula is C15H24N2. The van der Waals surface area contributed by atoms with E-state index in [1.54, 1.807) is 0 Å². The Hall–Kier alpha value is -1.02. The largest absolute Gasteiger partial charge is 0.371 e. The zero-order valence-electron chi connectivity index (χ0n) is 11.5. The Morgan fingerprint density at radius 2 is 1.94 bits per heavy atom. The molecule has 1 unspecified atom stereocenters. The molecule has 1 aromatic rings. The predicted molar refractivity (Wildman–Crippen MR) is 74.5 cm³/mol. The van der Waals surface area contributed by atoms with E-state index in [0.29, 0.717) is 6.04 Å². The zero-order valence-corrected chi connectivity index (χ0v) is 11.5. The highest BCUT2D eigenvalue weighted by Crippen LogP contribution is 2.31. The van der Waals surface area contributed by atoms with Gasteiger partial charge in [-0.3, -0.25) is 0 Å². The van der Waals surface area contributed by atoms with Crippen molar-refractivity contribution in [1.82, 2.24) is 0 Å². The quantitative estimate of drug-likeness (QED) is 0.806. The summed E-state index contributed by atoms with van der Waals surface area (Å²) in [6, 6.07) is 7.06. The van der Waals surface area contributed by atoms with Gasteiger partial charge in [0.25, 0.3) is 0 Å². The minimum atomic E-state index is 0.205. The molecule has 1 aliphatic rings. The normalized spacial score (nSPS) is 23.8. The fourth-order valence-corrected chi connectivity index (χ4v) is 2.52. The maximum absolute atomic E-state index is 6.18. The summed E-state index contributed by atoms with van der Waals surface area (Å²) in [5.74, 6) is 0. The maximum Gasteiger partial charge on any atom is 0.0369 e. The van der Waals surface area contributed by atoms with Gasteiger partial charge in [-0.1, -0.05) is 19.9 Å². The molecule has 94 valence electrons. The highest BCUT2D eigenvalue weighted by molar-refractivity contribution is 5.51. The van der Waals surface area contributed by atoms with E-state index in [9.17, 15) is 0 Å². The molecule has 0 spiro atoms. The first-order chi connectivity index (χ1) is 7.90. The molecule has 1 aliphatic heterocycles. The van der Waals surface area contributed by atoms with Crippen LogP contribution in [0.1, 0.15) is 31.4 Å². The second-order valence-electron chi connectivity index (χ2n) is 6.07. The van der Waals surface area contributed by atoms with Gasteiger partial charge in [0, 0.05) is 24.8 Å². The molecule has 1 fully saturated rings. The molecule has 1 heterocycles. The molecule has 17 heavy (non-hydrogen) atoms. The van der Waals surface area contributed by atoms with Gasteiger partial charge in [-0.25, -0.2) is 0 Å². The number of hydrogen-bond donors (Lipinski definition) is 1.